The number of nitrogens with zero attached hydrogens (tertiary/aromatic N) is 4. The molecule has 110 valence electrons. The summed E-state index contributed by atoms with van der Waals surface area (Å²) >= 11 is 0. The average Bonchev–Trinajstić information content (AvgIpc) is 2.48. The van der Waals surface area contributed by atoms with Gasteiger partial charge >= 0.3 is 0 Å². The third-order valence-electron chi connectivity index (χ3n) is 3.96. The molecule has 2 aliphatic rings. The van der Waals surface area contributed by atoms with Crippen LogP contribution >= 0.6 is 0 Å². The fourth-order valence-electron chi connectivity index (χ4n) is 2.79. The summed E-state index contributed by atoms with van der Waals surface area (Å²) < 4.78 is 11.0. The van der Waals surface area contributed by atoms with Crippen LogP contribution in [0.4, 0.5) is 11.6 Å². The molecule has 2 aliphatic heterocycles. The SMILES string of the molecule is CC1COCCN1c1cc(N2CCOCC2C)ncn1. The van der Waals surface area contributed by atoms with Crippen LogP contribution in [0.2, 0.25) is 0 Å². The van der Waals surface area contributed by atoms with E-state index in [9.17, 15) is 0 Å². The van der Waals surface area contributed by atoms with Gasteiger partial charge in [-0.05, 0) is 13.8 Å². The second-order valence-corrected chi connectivity index (χ2v) is 5.47. The van der Waals surface area contributed by atoms with Gasteiger partial charge in [0.2, 0.25) is 0 Å². The number of rotatable bonds is 2. The Bertz CT molecular complexity index is 419. The van der Waals surface area contributed by atoms with Crippen LogP contribution in [0.25, 0.3) is 0 Å². The van der Waals surface area contributed by atoms with E-state index < -0.39 is 0 Å². The fraction of sp³-hybridized carbons (Fsp3) is 0.714. The Kier molecular flexibility index (Phi) is 4.03. The highest BCUT2D eigenvalue weighted by molar-refractivity contribution is 5.51. The lowest BCUT2D eigenvalue weighted by Gasteiger charge is -2.36. The molecule has 0 amide bonds. The lowest BCUT2D eigenvalue weighted by molar-refractivity contribution is 0.0978. The molecule has 0 N–H and O–H groups in total. The van der Waals surface area contributed by atoms with Crippen molar-refractivity contribution in [2.75, 3.05) is 49.3 Å². The maximum absolute atomic E-state index is 5.49. The first-order chi connectivity index (χ1) is 9.75. The van der Waals surface area contributed by atoms with Crippen LogP contribution in [-0.4, -0.2) is 61.6 Å². The first kappa shape index (κ1) is 13.6. The zero-order chi connectivity index (χ0) is 13.9. The second-order valence-electron chi connectivity index (χ2n) is 5.47. The predicted molar refractivity (Wildman–Crippen MR) is 77.3 cm³/mol. The zero-order valence-corrected chi connectivity index (χ0v) is 12.2. The van der Waals surface area contributed by atoms with Gasteiger partial charge in [0.25, 0.3) is 0 Å². The summed E-state index contributed by atoms with van der Waals surface area (Å²) in [5.74, 6) is 1.98. The smallest absolute Gasteiger partial charge is 0.134 e. The van der Waals surface area contributed by atoms with Crippen molar-refractivity contribution in [2.45, 2.75) is 25.9 Å². The number of hydrogen-bond acceptors (Lipinski definition) is 6. The minimum Gasteiger partial charge on any atom is -0.377 e. The van der Waals surface area contributed by atoms with Crippen molar-refractivity contribution < 1.29 is 9.47 Å². The van der Waals surface area contributed by atoms with Crippen molar-refractivity contribution in [2.24, 2.45) is 0 Å². The third kappa shape index (κ3) is 2.71. The maximum Gasteiger partial charge on any atom is 0.134 e. The number of hydrogen-bond donors (Lipinski definition) is 0. The van der Waals surface area contributed by atoms with E-state index in [4.69, 9.17) is 9.47 Å². The first-order valence-corrected chi connectivity index (χ1v) is 7.26. The van der Waals surface area contributed by atoms with Crippen LogP contribution in [0.5, 0.6) is 0 Å². The number of morpholine rings is 2. The van der Waals surface area contributed by atoms with Crippen LogP contribution in [0, 0.1) is 0 Å². The molecule has 1 aromatic rings. The van der Waals surface area contributed by atoms with Gasteiger partial charge in [0.05, 0.1) is 38.5 Å². The highest BCUT2D eigenvalue weighted by Crippen LogP contribution is 2.23. The highest BCUT2D eigenvalue weighted by atomic mass is 16.5. The summed E-state index contributed by atoms with van der Waals surface area (Å²) in [5, 5.41) is 0. The molecule has 0 saturated carbocycles. The van der Waals surface area contributed by atoms with E-state index >= 15 is 0 Å². The maximum atomic E-state index is 5.49. The van der Waals surface area contributed by atoms with Crippen molar-refractivity contribution in [3.05, 3.63) is 12.4 Å². The van der Waals surface area contributed by atoms with Gasteiger partial charge in [-0.2, -0.15) is 0 Å². The van der Waals surface area contributed by atoms with Crippen LogP contribution in [0.1, 0.15) is 13.8 Å². The Labute approximate surface area is 119 Å². The lowest BCUT2D eigenvalue weighted by Crippen LogP contribution is -2.45. The summed E-state index contributed by atoms with van der Waals surface area (Å²) in [6.07, 6.45) is 1.66. The summed E-state index contributed by atoms with van der Waals surface area (Å²) in [6.45, 7) is 9.14. The van der Waals surface area contributed by atoms with Gasteiger partial charge in [0.1, 0.15) is 18.0 Å². The van der Waals surface area contributed by atoms with Crippen LogP contribution in [0.15, 0.2) is 12.4 Å². The van der Waals surface area contributed by atoms with Crippen LogP contribution in [-0.2, 0) is 9.47 Å². The Hall–Kier alpha value is -1.40. The molecule has 0 spiro atoms. The molecule has 6 heteroatoms. The molecule has 6 nitrogen and oxygen atoms in total. The van der Waals surface area contributed by atoms with Gasteiger partial charge in [-0.3, -0.25) is 0 Å². The number of anilines is 2. The summed E-state index contributed by atoms with van der Waals surface area (Å²) in [5.41, 5.74) is 0. The molecule has 20 heavy (non-hydrogen) atoms. The molecule has 2 unspecified atom stereocenters. The standard InChI is InChI=1S/C14H22N4O2/c1-11-8-19-5-3-17(11)13-7-14(16-10-15-13)18-4-6-20-9-12(18)2/h7,10-12H,3-6,8-9H2,1-2H3. The quantitative estimate of drug-likeness (QED) is 0.802. The van der Waals surface area contributed by atoms with Gasteiger partial charge in [0.15, 0.2) is 0 Å². The summed E-state index contributed by atoms with van der Waals surface area (Å²) in [4.78, 5) is 13.5. The monoisotopic (exact) mass is 278 g/mol. The average molecular weight is 278 g/mol. The van der Waals surface area contributed by atoms with Gasteiger partial charge in [-0.15, -0.1) is 0 Å². The van der Waals surface area contributed by atoms with E-state index in [0.717, 1.165) is 51.2 Å². The van der Waals surface area contributed by atoms with Crippen LogP contribution in [0.3, 0.4) is 0 Å². The Balaban J connectivity index is 1.81. The molecular weight excluding hydrogens is 256 g/mol. The zero-order valence-electron chi connectivity index (χ0n) is 12.2. The van der Waals surface area contributed by atoms with E-state index in [2.05, 4.69) is 39.7 Å². The Morgan fingerprint density at radius 1 is 0.950 bits per heavy atom. The third-order valence-corrected chi connectivity index (χ3v) is 3.96. The Morgan fingerprint density at radius 3 is 1.90 bits per heavy atom. The largest absolute Gasteiger partial charge is 0.377 e. The van der Waals surface area contributed by atoms with Crippen molar-refractivity contribution in [3.63, 3.8) is 0 Å². The van der Waals surface area contributed by atoms with E-state index in [1.54, 1.807) is 6.33 Å². The van der Waals surface area contributed by atoms with Gasteiger partial charge in [-0.1, -0.05) is 0 Å². The normalized spacial score (nSPS) is 27.7. The van der Waals surface area contributed by atoms with Crippen molar-refractivity contribution in [3.8, 4) is 0 Å². The molecule has 2 atom stereocenters. The molecule has 0 radical (unpaired) electrons. The first-order valence-electron chi connectivity index (χ1n) is 7.26. The van der Waals surface area contributed by atoms with Crippen LogP contribution < -0.4 is 9.80 Å². The van der Waals surface area contributed by atoms with Gasteiger partial charge in [-0.25, -0.2) is 9.97 Å². The summed E-state index contributed by atoms with van der Waals surface area (Å²) in [7, 11) is 0. The van der Waals surface area contributed by atoms with E-state index in [1.165, 1.54) is 0 Å². The predicted octanol–water partition coefficient (Wildman–Crippen LogP) is 0.927. The molecular formula is C14H22N4O2. The van der Waals surface area contributed by atoms with Crippen molar-refractivity contribution in [1.29, 1.82) is 0 Å². The number of aromatic nitrogens is 2. The summed E-state index contributed by atoms with van der Waals surface area (Å²) in [6, 6.07) is 2.80. The fourth-order valence-corrected chi connectivity index (χ4v) is 2.79. The Morgan fingerprint density at radius 2 is 1.45 bits per heavy atom. The number of ether oxygens (including phenoxy) is 2. The minimum absolute atomic E-state index is 0.355. The lowest BCUT2D eigenvalue weighted by atomic mass is 10.2. The van der Waals surface area contributed by atoms with Gasteiger partial charge in [0, 0.05) is 19.2 Å². The molecule has 0 aromatic carbocycles. The van der Waals surface area contributed by atoms with Crippen molar-refractivity contribution in [1.82, 2.24) is 9.97 Å². The van der Waals surface area contributed by atoms with E-state index in [0.29, 0.717) is 12.1 Å². The highest BCUT2D eigenvalue weighted by Gasteiger charge is 2.24. The molecule has 3 rings (SSSR count). The molecule has 1 aromatic heterocycles. The molecule has 0 aliphatic carbocycles. The second kappa shape index (κ2) is 5.93. The minimum atomic E-state index is 0.355. The molecule has 3 heterocycles. The van der Waals surface area contributed by atoms with Gasteiger partial charge < -0.3 is 19.3 Å². The molecule has 0 bridgehead atoms. The van der Waals surface area contributed by atoms with Crippen molar-refractivity contribution >= 4 is 11.6 Å². The molecule has 2 fully saturated rings. The van der Waals surface area contributed by atoms with E-state index in [1.807, 2.05) is 0 Å². The van der Waals surface area contributed by atoms with E-state index in [-0.39, 0.29) is 0 Å². The molecule has 2 saturated heterocycles. The topological polar surface area (TPSA) is 50.7 Å².